The van der Waals surface area contributed by atoms with Gasteiger partial charge in [0.2, 0.25) is 5.69 Å². The van der Waals surface area contributed by atoms with Gasteiger partial charge in [0.05, 0.1) is 6.57 Å². The summed E-state index contributed by atoms with van der Waals surface area (Å²) in [6.07, 6.45) is 0. The second-order valence-electron chi connectivity index (χ2n) is 1.91. The van der Waals surface area contributed by atoms with Crippen LogP contribution in [0.4, 0.5) is 11.5 Å². The van der Waals surface area contributed by atoms with Gasteiger partial charge in [-0.25, -0.2) is 4.85 Å². The second-order valence-corrected chi connectivity index (χ2v) is 1.91. The number of hydrogen-bond donors (Lipinski definition) is 2. The van der Waals surface area contributed by atoms with Crippen LogP contribution in [0.25, 0.3) is 4.85 Å². The van der Waals surface area contributed by atoms with E-state index in [9.17, 15) is 0 Å². The van der Waals surface area contributed by atoms with Crippen LogP contribution in [0, 0.1) is 13.5 Å². The third-order valence-electron chi connectivity index (χ3n) is 1.26. The Bertz CT molecular complexity index is 268. The Morgan fingerprint density at radius 1 is 1.70 bits per heavy atom. The Morgan fingerprint density at radius 2 is 2.40 bits per heavy atom. The van der Waals surface area contributed by atoms with Crippen molar-refractivity contribution in [2.24, 2.45) is 0 Å². The molecule has 2 N–H and O–H groups in total. The Balaban J connectivity index is 3.17. The van der Waals surface area contributed by atoms with Crippen LogP contribution >= 0.6 is 0 Å². The minimum atomic E-state index is 0.572. The highest BCUT2D eigenvalue weighted by atomic mass is 15.2. The number of rotatable bonds is 1. The molecule has 0 unspecified atom stereocenters. The van der Waals surface area contributed by atoms with Gasteiger partial charge in [-0.2, -0.15) is 5.10 Å². The monoisotopic (exact) mass is 136 g/mol. The van der Waals surface area contributed by atoms with E-state index in [0.29, 0.717) is 11.5 Å². The first-order valence-electron chi connectivity index (χ1n) is 2.89. The van der Waals surface area contributed by atoms with Gasteiger partial charge in [-0.05, 0) is 6.92 Å². The van der Waals surface area contributed by atoms with E-state index in [0.717, 1.165) is 5.69 Å². The molecule has 1 heterocycles. The molecule has 0 aromatic carbocycles. The molecule has 0 amide bonds. The summed E-state index contributed by atoms with van der Waals surface area (Å²) in [5.74, 6) is 0.618. The summed E-state index contributed by atoms with van der Waals surface area (Å²) >= 11 is 0. The maximum Gasteiger partial charge on any atom is 0.249 e. The number of aryl methyl sites for hydroxylation is 1. The number of nitrogens with one attached hydrogen (secondary N) is 2. The zero-order valence-corrected chi connectivity index (χ0v) is 5.89. The first-order chi connectivity index (χ1) is 4.79. The molecule has 52 valence electrons. The van der Waals surface area contributed by atoms with Crippen LogP contribution in [-0.2, 0) is 0 Å². The summed E-state index contributed by atoms with van der Waals surface area (Å²) in [5.41, 5.74) is 1.38. The summed E-state index contributed by atoms with van der Waals surface area (Å²) in [6.45, 7) is 8.59. The molecule has 4 nitrogen and oxygen atoms in total. The van der Waals surface area contributed by atoms with E-state index in [1.165, 1.54) is 0 Å². The van der Waals surface area contributed by atoms with E-state index in [4.69, 9.17) is 6.57 Å². The molecule has 0 fully saturated rings. The molecular formula is C6H8N4. The highest BCUT2D eigenvalue weighted by Gasteiger charge is 2.06. The summed E-state index contributed by atoms with van der Waals surface area (Å²) in [5, 5.41) is 9.38. The molecule has 0 bridgehead atoms. The van der Waals surface area contributed by atoms with Crippen molar-refractivity contribution >= 4 is 11.5 Å². The molecular weight excluding hydrogens is 128 g/mol. The van der Waals surface area contributed by atoms with Crippen LogP contribution < -0.4 is 5.32 Å². The average Bonchev–Trinajstić information content (AvgIpc) is 2.30. The van der Waals surface area contributed by atoms with Crippen LogP contribution in [0.1, 0.15) is 5.69 Å². The van der Waals surface area contributed by atoms with Crippen molar-refractivity contribution in [3.05, 3.63) is 17.1 Å². The predicted octanol–water partition coefficient (Wildman–Crippen LogP) is 1.31. The van der Waals surface area contributed by atoms with E-state index in [2.05, 4.69) is 20.4 Å². The molecule has 1 rings (SSSR count). The maximum atomic E-state index is 6.77. The quantitative estimate of drug-likeness (QED) is 0.572. The topological polar surface area (TPSA) is 45.1 Å². The lowest BCUT2D eigenvalue weighted by Crippen LogP contribution is -1.86. The van der Waals surface area contributed by atoms with Crippen LogP contribution in [-0.4, -0.2) is 17.2 Å². The number of nitrogens with zero attached hydrogens (tertiary/aromatic N) is 2. The molecule has 4 heteroatoms. The molecule has 0 atom stereocenters. The van der Waals surface area contributed by atoms with E-state index in [1.54, 1.807) is 7.05 Å². The highest BCUT2D eigenvalue weighted by molar-refractivity contribution is 5.67. The largest absolute Gasteiger partial charge is 0.380 e. The van der Waals surface area contributed by atoms with E-state index >= 15 is 0 Å². The molecule has 0 radical (unpaired) electrons. The third kappa shape index (κ3) is 0.818. The van der Waals surface area contributed by atoms with Gasteiger partial charge in [0, 0.05) is 12.7 Å². The molecule has 1 aromatic heterocycles. The molecule has 0 aliphatic heterocycles. The normalized spacial score (nSPS) is 8.90. The van der Waals surface area contributed by atoms with Gasteiger partial charge >= 0.3 is 0 Å². The molecule has 1 aromatic rings. The van der Waals surface area contributed by atoms with Gasteiger partial charge in [0.1, 0.15) is 0 Å². The van der Waals surface area contributed by atoms with Gasteiger partial charge in [0.15, 0.2) is 5.82 Å². The highest BCUT2D eigenvalue weighted by Crippen LogP contribution is 2.24. The zero-order valence-electron chi connectivity index (χ0n) is 5.89. The Hall–Kier alpha value is -1.50. The van der Waals surface area contributed by atoms with Gasteiger partial charge in [-0.3, -0.25) is 5.10 Å². The fourth-order valence-corrected chi connectivity index (χ4v) is 0.734. The Morgan fingerprint density at radius 3 is 2.80 bits per heavy atom. The number of H-pyrrole nitrogens is 1. The smallest absolute Gasteiger partial charge is 0.249 e. The first-order valence-corrected chi connectivity index (χ1v) is 2.89. The van der Waals surface area contributed by atoms with Crippen LogP contribution in [0.15, 0.2) is 0 Å². The molecule has 0 saturated heterocycles. The van der Waals surface area contributed by atoms with E-state index in [-0.39, 0.29) is 0 Å². The summed E-state index contributed by atoms with van der Waals surface area (Å²) in [6, 6.07) is 0. The molecule has 0 aliphatic rings. The lowest BCUT2D eigenvalue weighted by atomic mass is 10.4. The van der Waals surface area contributed by atoms with Crippen LogP contribution in [0.5, 0.6) is 0 Å². The standard InChI is InChI=1S/C6H8N4/c1-4-5(7-2)6(8-3)10-9-4/h1,3H3,(H2,8,9,10). The number of anilines is 1. The fraction of sp³-hybridized carbons (Fsp3) is 0.333. The van der Waals surface area contributed by atoms with Crippen LogP contribution in [0.2, 0.25) is 0 Å². The summed E-state index contributed by atoms with van der Waals surface area (Å²) in [4.78, 5) is 3.29. The third-order valence-corrected chi connectivity index (χ3v) is 1.26. The lowest BCUT2D eigenvalue weighted by Gasteiger charge is -1.90. The van der Waals surface area contributed by atoms with Crippen molar-refractivity contribution < 1.29 is 0 Å². The lowest BCUT2D eigenvalue weighted by molar-refractivity contribution is 1.05. The first kappa shape index (κ1) is 6.62. The van der Waals surface area contributed by atoms with E-state index < -0.39 is 0 Å². The van der Waals surface area contributed by atoms with Crippen molar-refractivity contribution in [1.29, 1.82) is 0 Å². The van der Waals surface area contributed by atoms with Crippen molar-refractivity contribution in [2.75, 3.05) is 12.4 Å². The Kier molecular flexibility index (Phi) is 1.59. The molecule has 0 aliphatic carbocycles. The number of aromatic nitrogens is 2. The van der Waals surface area contributed by atoms with E-state index in [1.807, 2.05) is 6.92 Å². The van der Waals surface area contributed by atoms with Gasteiger partial charge < -0.3 is 5.32 Å². The van der Waals surface area contributed by atoms with Gasteiger partial charge in [-0.1, -0.05) is 0 Å². The molecule has 0 saturated carbocycles. The summed E-state index contributed by atoms with van der Waals surface area (Å²) < 4.78 is 0. The fourth-order valence-electron chi connectivity index (χ4n) is 0.734. The zero-order chi connectivity index (χ0) is 7.56. The van der Waals surface area contributed by atoms with Crippen molar-refractivity contribution in [2.45, 2.75) is 6.92 Å². The second kappa shape index (κ2) is 2.40. The minimum Gasteiger partial charge on any atom is -0.380 e. The maximum absolute atomic E-state index is 6.77. The summed E-state index contributed by atoms with van der Waals surface area (Å²) in [7, 11) is 1.74. The van der Waals surface area contributed by atoms with Crippen molar-refractivity contribution in [3.63, 3.8) is 0 Å². The predicted molar refractivity (Wildman–Crippen MR) is 39.1 cm³/mol. The Labute approximate surface area is 59.1 Å². The van der Waals surface area contributed by atoms with Gasteiger partial charge in [-0.15, -0.1) is 0 Å². The van der Waals surface area contributed by atoms with Crippen molar-refractivity contribution in [1.82, 2.24) is 10.2 Å². The SMILES string of the molecule is [C-]#[N+]c1c(NC)n[nH]c1C. The van der Waals surface area contributed by atoms with Crippen molar-refractivity contribution in [3.8, 4) is 0 Å². The van der Waals surface area contributed by atoms with Gasteiger partial charge in [0.25, 0.3) is 0 Å². The molecule has 0 spiro atoms. The number of aromatic amines is 1. The molecule has 10 heavy (non-hydrogen) atoms. The minimum absolute atomic E-state index is 0.572. The van der Waals surface area contributed by atoms with Crippen LogP contribution in [0.3, 0.4) is 0 Å². The number of hydrogen-bond acceptors (Lipinski definition) is 2. The average molecular weight is 136 g/mol.